The number of nitrogens with zero attached hydrogens (tertiary/aromatic N) is 3. The van der Waals surface area contributed by atoms with Crippen molar-refractivity contribution >= 4 is 23.2 Å². The molecule has 4 rings (SSSR count). The van der Waals surface area contributed by atoms with Gasteiger partial charge in [0, 0.05) is 56.6 Å². The van der Waals surface area contributed by atoms with Crippen LogP contribution in [0.5, 0.6) is 11.5 Å². The summed E-state index contributed by atoms with van der Waals surface area (Å²) in [6.07, 6.45) is 0.265. The number of benzene rings is 2. The summed E-state index contributed by atoms with van der Waals surface area (Å²) in [5.41, 5.74) is 1.90. The minimum atomic E-state index is -0.289. The van der Waals surface area contributed by atoms with Crippen LogP contribution in [0.25, 0.3) is 0 Å². The van der Waals surface area contributed by atoms with Crippen molar-refractivity contribution in [3.8, 4) is 11.5 Å². The van der Waals surface area contributed by atoms with E-state index >= 15 is 0 Å². The molecule has 0 aromatic heterocycles. The van der Waals surface area contributed by atoms with Gasteiger partial charge in [0.2, 0.25) is 11.8 Å². The first-order valence-corrected chi connectivity index (χ1v) is 10.2. The lowest BCUT2D eigenvalue weighted by atomic mass is 10.1. The number of anilines is 2. The monoisotopic (exact) mass is 409 g/mol. The average Bonchev–Trinajstić information content (AvgIpc) is 3.20. The third kappa shape index (κ3) is 4.06. The fraction of sp³-hybridized carbons (Fsp3) is 0.391. The predicted molar refractivity (Wildman–Crippen MR) is 115 cm³/mol. The number of amides is 2. The summed E-state index contributed by atoms with van der Waals surface area (Å²) < 4.78 is 10.5. The summed E-state index contributed by atoms with van der Waals surface area (Å²) in [5.74, 6) is 1.35. The highest BCUT2D eigenvalue weighted by Crippen LogP contribution is 2.28. The first-order valence-electron chi connectivity index (χ1n) is 10.2. The van der Waals surface area contributed by atoms with Crippen LogP contribution in [0.2, 0.25) is 0 Å². The number of ether oxygens (including phenoxy) is 2. The van der Waals surface area contributed by atoms with E-state index in [-0.39, 0.29) is 24.2 Å². The quantitative estimate of drug-likeness (QED) is 0.759. The van der Waals surface area contributed by atoms with E-state index in [0.29, 0.717) is 19.6 Å². The molecule has 2 aromatic rings. The molecule has 2 heterocycles. The number of hydrogen-bond donors (Lipinski definition) is 0. The van der Waals surface area contributed by atoms with Crippen molar-refractivity contribution < 1.29 is 19.1 Å². The van der Waals surface area contributed by atoms with Crippen LogP contribution < -0.4 is 19.3 Å². The van der Waals surface area contributed by atoms with Gasteiger partial charge in [-0.05, 0) is 36.4 Å². The molecule has 158 valence electrons. The normalized spacial score (nSPS) is 19.2. The lowest BCUT2D eigenvalue weighted by Gasteiger charge is -2.37. The van der Waals surface area contributed by atoms with Crippen molar-refractivity contribution in [2.45, 2.75) is 6.42 Å². The number of carbonyl (C=O) groups excluding carboxylic acids is 2. The number of rotatable bonds is 5. The van der Waals surface area contributed by atoms with Crippen molar-refractivity contribution in [3.05, 3.63) is 48.5 Å². The van der Waals surface area contributed by atoms with Gasteiger partial charge >= 0.3 is 0 Å². The van der Waals surface area contributed by atoms with Gasteiger partial charge in [0.25, 0.3) is 0 Å². The Morgan fingerprint density at radius 1 is 0.900 bits per heavy atom. The number of methoxy groups -OCH3 is 2. The third-order valence-electron chi connectivity index (χ3n) is 5.87. The zero-order chi connectivity index (χ0) is 21.1. The summed E-state index contributed by atoms with van der Waals surface area (Å²) in [5, 5.41) is 0. The predicted octanol–water partition coefficient (Wildman–Crippen LogP) is 2.41. The van der Waals surface area contributed by atoms with Gasteiger partial charge in [-0.25, -0.2) is 0 Å². The van der Waals surface area contributed by atoms with E-state index in [9.17, 15) is 9.59 Å². The summed E-state index contributed by atoms with van der Waals surface area (Å²) in [6.45, 7) is 3.27. The van der Waals surface area contributed by atoms with Crippen LogP contribution in [-0.4, -0.2) is 63.7 Å². The van der Waals surface area contributed by atoms with Crippen molar-refractivity contribution in [3.63, 3.8) is 0 Å². The Labute approximate surface area is 176 Å². The highest BCUT2D eigenvalue weighted by atomic mass is 16.5. The van der Waals surface area contributed by atoms with Gasteiger partial charge < -0.3 is 24.2 Å². The molecule has 1 atom stereocenters. The molecule has 2 aromatic carbocycles. The van der Waals surface area contributed by atoms with Crippen LogP contribution in [0, 0.1) is 5.92 Å². The maximum Gasteiger partial charge on any atom is 0.228 e. The minimum Gasteiger partial charge on any atom is -0.497 e. The topological polar surface area (TPSA) is 62.3 Å². The minimum absolute atomic E-state index is 0.00599. The Balaban J connectivity index is 1.35. The number of piperazine rings is 1. The molecule has 30 heavy (non-hydrogen) atoms. The zero-order valence-electron chi connectivity index (χ0n) is 17.4. The molecule has 7 heteroatoms. The third-order valence-corrected chi connectivity index (χ3v) is 5.87. The van der Waals surface area contributed by atoms with Crippen LogP contribution in [0.1, 0.15) is 6.42 Å². The Morgan fingerprint density at radius 3 is 2.27 bits per heavy atom. The molecular weight excluding hydrogens is 382 g/mol. The molecule has 7 nitrogen and oxygen atoms in total. The number of hydrogen-bond acceptors (Lipinski definition) is 5. The standard InChI is InChI=1S/C23H27N3O4/c1-29-20-8-6-18(7-9-20)26-16-17(14-22(26)27)23(28)25-12-10-24(11-13-25)19-4-3-5-21(15-19)30-2/h3-9,15,17H,10-14,16H2,1-2H3/t17-/m1/s1. The molecular formula is C23H27N3O4. The fourth-order valence-electron chi connectivity index (χ4n) is 4.14. The van der Waals surface area contributed by atoms with E-state index in [1.165, 1.54) is 0 Å². The molecule has 0 N–H and O–H groups in total. The van der Waals surface area contributed by atoms with E-state index in [2.05, 4.69) is 11.0 Å². The second kappa shape index (κ2) is 8.65. The molecule has 2 aliphatic rings. The molecule has 0 saturated carbocycles. The lowest BCUT2D eigenvalue weighted by molar-refractivity contribution is -0.136. The summed E-state index contributed by atoms with van der Waals surface area (Å²) in [6, 6.07) is 15.3. The Hall–Kier alpha value is -3.22. The molecule has 2 aliphatic heterocycles. The van der Waals surface area contributed by atoms with E-state index in [4.69, 9.17) is 9.47 Å². The highest BCUT2D eigenvalue weighted by Gasteiger charge is 2.38. The Bertz CT molecular complexity index is 907. The molecule has 0 aliphatic carbocycles. The second-order valence-corrected chi connectivity index (χ2v) is 7.62. The van der Waals surface area contributed by atoms with Crippen LogP contribution in [0.4, 0.5) is 11.4 Å². The SMILES string of the molecule is COc1ccc(N2C[C@H](C(=O)N3CCN(c4cccc(OC)c4)CC3)CC2=O)cc1. The smallest absolute Gasteiger partial charge is 0.228 e. The van der Waals surface area contributed by atoms with Gasteiger partial charge in [0.1, 0.15) is 11.5 Å². The molecule has 0 spiro atoms. The highest BCUT2D eigenvalue weighted by molar-refractivity contribution is 6.00. The van der Waals surface area contributed by atoms with Crippen molar-refractivity contribution in [1.82, 2.24) is 4.90 Å². The van der Waals surface area contributed by atoms with Crippen molar-refractivity contribution in [2.24, 2.45) is 5.92 Å². The van der Waals surface area contributed by atoms with Gasteiger partial charge in [-0.15, -0.1) is 0 Å². The molecule has 0 unspecified atom stereocenters. The molecule has 0 bridgehead atoms. The van der Waals surface area contributed by atoms with Crippen molar-refractivity contribution in [2.75, 3.05) is 56.7 Å². The first-order chi connectivity index (χ1) is 14.6. The van der Waals surface area contributed by atoms with Crippen LogP contribution >= 0.6 is 0 Å². The lowest BCUT2D eigenvalue weighted by Crippen LogP contribution is -2.50. The van der Waals surface area contributed by atoms with Crippen LogP contribution in [-0.2, 0) is 9.59 Å². The van der Waals surface area contributed by atoms with Crippen molar-refractivity contribution in [1.29, 1.82) is 0 Å². The summed E-state index contributed by atoms with van der Waals surface area (Å²) >= 11 is 0. The van der Waals surface area contributed by atoms with E-state index in [0.717, 1.165) is 36.0 Å². The molecule has 0 radical (unpaired) electrons. The maximum atomic E-state index is 13.1. The average molecular weight is 409 g/mol. The van der Waals surface area contributed by atoms with Crippen LogP contribution in [0.3, 0.4) is 0 Å². The van der Waals surface area contributed by atoms with Gasteiger partial charge in [0.05, 0.1) is 20.1 Å². The van der Waals surface area contributed by atoms with Crippen LogP contribution in [0.15, 0.2) is 48.5 Å². The Kier molecular flexibility index (Phi) is 5.79. The largest absolute Gasteiger partial charge is 0.497 e. The first kappa shape index (κ1) is 20.1. The van der Waals surface area contributed by atoms with Gasteiger partial charge in [0.15, 0.2) is 0 Å². The molecule has 2 fully saturated rings. The van der Waals surface area contributed by atoms with E-state index < -0.39 is 0 Å². The number of carbonyl (C=O) groups is 2. The van der Waals surface area contributed by atoms with E-state index in [1.807, 2.05) is 47.4 Å². The maximum absolute atomic E-state index is 13.1. The summed E-state index contributed by atoms with van der Waals surface area (Å²) in [7, 11) is 3.27. The fourth-order valence-corrected chi connectivity index (χ4v) is 4.14. The molecule has 2 saturated heterocycles. The van der Waals surface area contributed by atoms with Gasteiger partial charge in [-0.2, -0.15) is 0 Å². The van der Waals surface area contributed by atoms with Gasteiger partial charge in [-0.3, -0.25) is 9.59 Å². The summed E-state index contributed by atoms with van der Waals surface area (Å²) in [4.78, 5) is 31.4. The van der Waals surface area contributed by atoms with Gasteiger partial charge in [-0.1, -0.05) is 6.07 Å². The molecule has 2 amide bonds. The zero-order valence-corrected chi connectivity index (χ0v) is 17.4. The second-order valence-electron chi connectivity index (χ2n) is 7.62. The van der Waals surface area contributed by atoms with E-state index in [1.54, 1.807) is 19.1 Å². The Morgan fingerprint density at radius 2 is 1.60 bits per heavy atom.